The van der Waals surface area contributed by atoms with E-state index in [2.05, 4.69) is 4.90 Å². The summed E-state index contributed by atoms with van der Waals surface area (Å²) in [6.45, 7) is 6.38. The monoisotopic (exact) mass is 249 g/mol. The second kappa shape index (κ2) is 5.76. The SMILES string of the molecule is CCOc1ccc(OCC)c(N2CCC(=O)C2)c1. The van der Waals surface area contributed by atoms with E-state index >= 15 is 0 Å². The lowest BCUT2D eigenvalue weighted by molar-refractivity contribution is -0.116. The van der Waals surface area contributed by atoms with Crippen LogP contribution in [0.15, 0.2) is 18.2 Å². The molecule has 0 N–H and O–H groups in total. The van der Waals surface area contributed by atoms with Crippen LogP contribution in [-0.2, 0) is 4.79 Å². The van der Waals surface area contributed by atoms with Crippen molar-refractivity contribution in [2.45, 2.75) is 20.3 Å². The molecule has 1 fully saturated rings. The molecule has 4 heteroatoms. The number of rotatable bonds is 5. The van der Waals surface area contributed by atoms with Crippen molar-refractivity contribution in [3.05, 3.63) is 18.2 Å². The van der Waals surface area contributed by atoms with E-state index in [9.17, 15) is 4.79 Å². The van der Waals surface area contributed by atoms with Crippen LogP contribution in [-0.4, -0.2) is 32.1 Å². The lowest BCUT2D eigenvalue weighted by Gasteiger charge is -2.21. The summed E-state index contributed by atoms with van der Waals surface area (Å²) in [4.78, 5) is 13.4. The molecule has 18 heavy (non-hydrogen) atoms. The number of ketones is 1. The van der Waals surface area contributed by atoms with Gasteiger partial charge in [0.1, 0.15) is 11.5 Å². The van der Waals surface area contributed by atoms with Gasteiger partial charge < -0.3 is 14.4 Å². The summed E-state index contributed by atoms with van der Waals surface area (Å²) in [6, 6.07) is 5.76. The summed E-state index contributed by atoms with van der Waals surface area (Å²) in [5.74, 6) is 1.91. The number of ether oxygens (including phenoxy) is 2. The van der Waals surface area contributed by atoms with E-state index < -0.39 is 0 Å². The quantitative estimate of drug-likeness (QED) is 0.802. The highest BCUT2D eigenvalue weighted by Crippen LogP contribution is 2.34. The van der Waals surface area contributed by atoms with Gasteiger partial charge in [0.15, 0.2) is 5.78 Å². The lowest BCUT2D eigenvalue weighted by Crippen LogP contribution is -2.20. The van der Waals surface area contributed by atoms with Crippen molar-refractivity contribution in [3.63, 3.8) is 0 Å². The maximum Gasteiger partial charge on any atom is 0.153 e. The first-order chi connectivity index (χ1) is 8.74. The van der Waals surface area contributed by atoms with Gasteiger partial charge in [-0.2, -0.15) is 0 Å². The zero-order valence-corrected chi connectivity index (χ0v) is 10.9. The standard InChI is InChI=1S/C14H19NO3/c1-3-17-12-5-6-14(18-4-2)13(9-12)15-8-7-11(16)10-15/h5-6,9H,3-4,7-8,10H2,1-2H3. The number of benzene rings is 1. The molecular formula is C14H19NO3. The Kier molecular flexibility index (Phi) is 4.07. The van der Waals surface area contributed by atoms with Crippen LogP contribution in [0.25, 0.3) is 0 Å². The molecule has 1 aromatic carbocycles. The first-order valence-electron chi connectivity index (χ1n) is 6.41. The predicted molar refractivity (Wildman–Crippen MR) is 70.6 cm³/mol. The molecule has 1 aliphatic heterocycles. The molecule has 0 aromatic heterocycles. The van der Waals surface area contributed by atoms with Gasteiger partial charge in [-0.05, 0) is 26.0 Å². The minimum Gasteiger partial charge on any atom is -0.494 e. The number of hydrogen-bond donors (Lipinski definition) is 0. The molecule has 0 unspecified atom stereocenters. The molecule has 1 aromatic rings. The Morgan fingerprint density at radius 3 is 2.61 bits per heavy atom. The minimum atomic E-state index is 0.277. The molecule has 2 rings (SSSR count). The average molecular weight is 249 g/mol. The molecule has 0 atom stereocenters. The maximum absolute atomic E-state index is 11.4. The molecule has 0 radical (unpaired) electrons. The predicted octanol–water partition coefficient (Wildman–Crippen LogP) is 2.26. The zero-order chi connectivity index (χ0) is 13.0. The number of carbonyl (C=O) groups excluding carboxylic acids is 1. The fraction of sp³-hybridized carbons (Fsp3) is 0.500. The van der Waals surface area contributed by atoms with Crippen molar-refractivity contribution in [1.82, 2.24) is 0 Å². The molecule has 1 saturated heterocycles. The first kappa shape index (κ1) is 12.7. The summed E-state index contributed by atoms with van der Waals surface area (Å²) in [5, 5.41) is 0. The van der Waals surface area contributed by atoms with Crippen LogP contribution in [0.4, 0.5) is 5.69 Å². The Balaban J connectivity index is 2.27. The van der Waals surface area contributed by atoms with Gasteiger partial charge in [0.2, 0.25) is 0 Å². The van der Waals surface area contributed by atoms with Crippen molar-refractivity contribution in [2.75, 3.05) is 31.2 Å². The number of anilines is 1. The van der Waals surface area contributed by atoms with E-state index in [1.165, 1.54) is 0 Å². The molecule has 4 nitrogen and oxygen atoms in total. The van der Waals surface area contributed by atoms with Gasteiger partial charge in [0.25, 0.3) is 0 Å². The highest BCUT2D eigenvalue weighted by molar-refractivity contribution is 5.88. The van der Waals surface area contributed by atoms with E-state index in [0.29, 0.717) is 26.2 Å². The average Bonchev–Trinajstić information content (AvgIpc) is 2.78. The second-order valence-electron chi connectivity index (χ2n) is 4.21. The van der Waals surface area contributed by atoms with E-state index in [0.717, 1.165) is 23.7 Å². The molecule has 0 aliphatic carbocycles. The summed E-state index contributed by atoms with van der Waals surface area (Å²) in [6.07, 6.45) is 0.616. The van der Waals surface area contributed by atoms with E-state index in [-0.39, 0.29) is 5.78 Å². The highest BCUT2D eigenvalue weighted by Gasteiger charge is 2.22. The van der Waals surface area contributed by atoms with Gasteiger partial charge in [0, 0.05) is 19.0 Å². The van der Waals surface area contributed by atoms with Crippen LogP contribution in [0.2, 0.25) is 0 Å². The third-order valence-electron chi connectivity index (χ3n) is 2.91. The Labute approximate surface area is 107 Å². The van der Waals surface area contributed by atoms with E-state index in [1.54, 1.807) is 0 Å². The van der Waals surface area contributed by atoms with Gasteiger partial charge in [-0.3, -0.25) is 4.79 Å². The first-order valence-corrected chi connectivity index (χ1v) is 6.41. The van der Waals surface area contributed by atoms with Crippen molar-refractivity contribution in [2.24, 2.45) is 0 Å². The van der Waals surface area contributed by atoms with Crippen molar-refractivity contribution >= 4 is 11.5 Å². The number of hydrogen-bond acceptors (Lipinski definition) is 4. The van der Waals surface area contributed by atoms with Crippen LogP contribution in [0, 0.1) is 0 Å². The molecular weight excluding hydrogens is 230 g/mol. The summed E-state index contributed by atoms with van der Waals surface area (Å²) >= 11 is 0. The van der Waals surface area contributed by atoms with Crippen LogP contribution < -0.4 is 14.4 Å². The smallest absolute Gasteiger partial charge is 0.153 e. The van der Waals surface area contributed by atoms with Gasteiger partial charge in [-0.25, -0.2) is 0 Å². The third-order valence-corrected chi connectivity index (χ3v) is 2.91. The molecule has 0 spiro atoms. The normalized spacial score (nSPS) is 15.0. The van der Waals surface area contributed by atoms with Gasteiger partial charge in [-0.1, -0.05) is 0 Å². The highest BCUT2D eigenvalue weighted by atomic mass is 16.5. The summed E-state index contributed by atoms with van der Waals surface area (Å²) < 4.78 is 11.1. The molecule has 1 aliphatic rings. The van der Waals surface area contributed by atoms with Gasteiger partial charge >= 0.3 is 0 Å². The summed E-state index contributed by atoms with van der Waals surface area (Å²) in [7, 11) is 0. The molecule has 98 valence electrons. The maximum atomic E-state index is 11.4. The fourth-order valence-electron chi connectivity index (χ4n) is 2.11. The summed E-state index contributed by atoms with van der Waals surface area (Å²) in [5.41, 5.74) is 0.952. The van der Waals surface area contributed by atoms with Crippen molar-refractivity contribution < 1.29 is 14.3 Å². The van der Waals surface area contributed by atoms with Crippen LogP contribution in [0.5, 0.6) is 11.5 Å². The molecule has 0 bridgehead atoms. The number of nitrogens with zero attached hydrogens (tertiary/aromatic N) is 1. The zero-order valence-electron chi connectivity index (χ0n) is 10.9. The Morgan fingerprint density at radius 1 is 1.22 bits per heavy atom. The second-order valence-corrected chi connectivity index (χ2v) is 4.21. The van der Waals surface area contributed by atoms with Crippen LogP contribution >= 0.6 is 0 Å². The number of carbonyl (C=O) groups is 1. The Hall–Kier alpha value is -1.71. The van der Waals surface area contributed by atoms with E-state index in [4.69, 9.17) is 9.47 Å². The molecule has 0 saturated carbocycles. The minimum absolute atomic E-state index is 0.277. The third kappa shape index (κ3) is 2.75. The lowest BCUT2D eigenvalue weighted by atomic mass is 10.2. The van der Waals surface area contributed by atoms with Crippen molar-refractivity contribution in [1.29, 1.82) is 0 Å². The Bertz CT molecular complexity index is 431. The van der Waals surface area contributed by atoms with Crippen LogP contribution in [0.3, 0.4) is 0 Å². The fourth-order valence-corrected chi connectivity index (χ4v) is 2.11. The largest absolute Gasteiger partial charge is 0.494 e. The molecule has 1 heterocycles. The van der Waals surface area contributed by atoms with Crippen molar-refractivity contribution in [3.8, 4) is 11.5 Å². The topological polar surface area (TPSA) is 38.8 Å². The van der Waals surface area contributed by atoms with Crippen LogP contribution in [0.1, 0.15) is 20.3 Å². The van der Waals surface area contributed by atoms with E-state index in [1.807, 2.05) is 32.0 Å². The van der Waals surface area contributed by atoms with Gasteiger partial charge in [-0.15, -0.1) is 0 Å². The molecule has 0 amide bonds. The number of Topliss-reactive ketones (excluding diaryl/α,β-unsaturated/α-hetero) is 1. The van der Waals surface area contributed by atoms with Gasteiger partial charge in [0.05, 0.1) is 25.4 Å². The Morgan fingerprint density at radius 2 is 2.00 bits per heavy atom.